The maximum Gasteiger partial charge on any atom is 0.173 e. The van der Waals surface area contributed by atoms with Crippen molar-refractivity contribution in [2.45, 2.75) is 13.0 Å². The first-order chi connectivity index (χ1) is 8.53. The number of pyridine rings is 1. The molecule has 1 aliphatic rings. The highest BCUT2D eigenvalue weighted by Crippen LogP contribution is 2.17. The number of hydrogen-bond acceptors (Lipinski definition) is 5. The number of nitrogens with one attached hydrogen (secondary N) is 1. The van der Waals surface area contributed by atoms with Crippen LogP contribution in [0.25, 0.3) is 5.65 Å². The second-order valence-electron chi connectivity index (χ2n) is 4.36. The molecule has 3 heterocycles. The van der Waals surface area contributed by atoms with Gasteiger partial charge < -0.3 is 5.32 Å². The van der Waals surface area contributed by atoms with Crippen molar-refractivity contribution in [3.8, 4) is 0 Å². The summed E-state index contributed by atoms with van der Waals surface area (Å²) in [5, 5.41) is 8.52. The van der Waals surface area contributed by atoms with Crippen LogP contribution in [0.2, 0.25) is 0 Å². The number of fused-ring (bicyclic) bond motifs is 1. The lowest BCUT2D eigenvalue weighted by Gasteiger charge is -2.13. The molecule has 2 aromatic heterocycles. The third kappa shape index (κ3) is 1.97. The molecule has 0 aliphatic carbocycles. The maximum atomic E-state index is 11.4. The van der Waals surface area contributed by atoms with E-state index in [9.17, 15) is 8.42 Å². The van der Waals surface area contributed by atoms with Crippen molar-refractivity contribution >= 4 is 21.3 Å². The van der Waals surface area contributed by atoms with E-state index in [2.05, 4.69) is 15.4 Å². The third-order valence-electron chi connectivity index (χ3n) is 2.79. The topological polar surface area (TPSA) is 76.4 Å². The number of nitrogens with zero attached hydrogens (tertiary/aromatic N) is 3. The fourth-order valence-electron chi connectivity index (χ4n) is 2.02. The Balaban J connectivity index is 1.96. The summed E-state index contributed by atoms with van der Waals surface area (Å²) in [7, 11) is -3.05. The molecule has 18 heavy (non-hydrogen) atoms. The number of anilines is 1. The van der Waals surface area contributed by atoms with Crippen molar-refractivity contribution in [2.75, 3.05) is 11.1 Å². The molecule has 2 aromatic rings. The molecule has 0 spiro atoms. The summed E-state index contributed by atoms with van der Waals surface area (Å²) in [5.41, 5.74) is 1.78. The molecule has 1 N–H and O–H groups in total. The number of rotatable bonds is 2. The van der Waals surface area contributed by atoms with Gasteiger partial charge in [0.15, 0.2) is 15.5 Å². The van der Waals surface area contributed by atoms with E-state index in [1.165, 1.54) is 11.7 Å². The van der Waals surface area contributed by atoms with Crippen molar-refractivity contribution in [2.24, 2.45) is 0 Å². The van der Waals surface area contributed by atoms with Crippen LogP contribution in [0.15, 0.2) is 29.9 Å². The van der Waals surface area contributed by atoms with Gasteiger partial charge in [-0.3, -0.25) is 0 Å². The van der Waals surface area contributed by atoms with Gasteiger partial charge in [0.05, 0.1) is 11.8 Å². The number of aromatic nitrogens is 3. The van der Waals surface area contributed by atoms with Gasteiger partial charge >= 0.3 is 0 Å². The van der Waals surface area contributed by atoms with Gasteiger partial charge in [0.2, 0.25) is 0 Å². The lowest BCUT2D eigenvalue weighted by atomic mass is 10.2. The lowest BCUT2D eigenvalue weighted by molar-refractivity contribution is 0.605. The minimum atomic E-state index is -3.05. The van der Waals surface area contributed by atoms with Crippen molar-refractivity contribution in [1.29, 1.82) is 0 Å². The first-order valence-electron chi connectivity index (χ1n) is 5.51. The van der Waals surface area contributed by atoms with Crippen LogP contribution >= 0.6 is 0 Å². The van der Waals surface area contributed by atoms with Crippen LogP contribution < -0.4 is 5.32 Å². The SMILES string of the molecule is Cc1cc(NC2C=CS(=O)(=O)C2)n2ncnc2c1. The molecule has 3 rings (SSSR count). The molecule has 0 amide bonds. The van der Waals surface area contributed by atoms with Crippen LogP contribution in [0.3, 0.4) is 0 Å². The minimum absolute atomic E-state index is 0.0805. The molecule has 0 radical (unpaired) electrons. The third-order valence-corrected chi connectivity index (χ3v) is 4.18. The summed E-state index contributed by atoms with van der Waals surface area (Å²) < 4.78 is 24.4. The summed E-state index contributed by atoms with van der Waals surface area (Å²) in [6.45, 7) is 1.96. The van der Waals surface area contributed by atoms with Crippen LogP contribution in [0.1, 0.15) is 5.56 Å². The molecule has 94 valence electrons. The monoisotopic (exact) mass is 264 g/mol. The minimum Gasteiger partial charge on any atom is -0.363 e. The van der Waals surface area contributed by atoms with Crippen LogP contribution in [0.4, 0.5) is 5.82 Å². The molecular weight excluding hydrogens is 252 g/mol. The van der Waals surface area contributed by atoms with Crippen molar-refractivity contribution in [3.63, 3.8) is 0 Å². The smallest absolute Gasteiger partial charge is 0.173 e. The molecule has 0 aromatic carbocycles. The van der Waals surface area contributed by atoms with Gasteiger partial charge in [-0.15, -0.1) is 0 Å². The molecule has 0 bridgehead atoms. The van der Waals surface area contributed by atoms with Gasteiger partial charge in [-0.1, -0.05) is 0 Å². The first-order valence-corrected chi connectivity index (χ1v) is 7.23. The van der Waals surface area contributed by atoms with Gasteiger partial charge in [0.1, 0.15) is 12.1 Å². The Morgan fingerprint density at radius 3 is 3.00 bits per heavy atom. The van der Waals surface area contributed by atoms with Crippen molar-refractivity contribution in [1.82, 2.24) is 14.6 Å². The van der Waals surface area contributed by atoms with E-state index in [0.717, 1.165) is 17.0 Å². The molecule has 0 fully saturated rings. The van der Waals surface area contributed by atoms with Crippen LogP contribution in [0, 0.1) is 6.92 Å². The van der Waals surface area contributed by atoms with E-state index in [4.69, 9.17) is 0 Å². The highest BCUT2D eigenvalue weighted by Gasteiger charge is 2.22. The number of hydrogen-bond donors (Lipinski definition) is 1. The highest BCUT2D eigenvalue weighted by molar-refractivity contribution is 7.94. The fourth-order valence-corrected chi connectivity index (χ4v) is 3.25. The standard InChI is InChI=1S/C11H12N4O2S/c1-8-4-10-12-7-13-15(10)11(5-8)14-9-2-3-18(16,17)6-9/h2-5,7,9,14H,6H2,1H3. The van der Waals surface area contributed by atoms with Crippen LogP contribution in [0.5, 0.6) is 0 Å². The highest BCUT2D eigenvalue weighted by atomic mass is 32.2. The van der Waals surface area contributed by atoms with E-state index in [0.29, 0.717) is 0 Å². The molecule has 7 heteroatoms. The van der Waals surface area contributed by atoms with E-state index < -0.39 is 9.84 Å². The predicted molar refractivity (Wildman–Crippen MR) is 68.1 cm³/mol. The summed E-state index contributed by atoms with van der Waals surface area (Å²) in [6, 6.07) is 3.61. The van der Waals surface area contributed by atoms with Gasteiger partial charge in [0.25, 0.3) is 0 Å². The number of aryl methyl sites for hydroxylation is 1. The zero-order valence-electron chi connectivity index (χ0n) is 9.74. The molecular formula is C11H12N4O2S. The molecule has 0 saturated carbocycles. The van der Waals surface area contributed by atoms with Gasteiger partial charge in [-0.2, -0.15) is 9.61 Å². The Hall–Kier alpha value is -1.89. The summed E-state index contributed by atoms with van der Waals surface area (Å²) in [6.07, 6.45) is 3.13. The normalized spacial score (nSPS) is 21.5. The zero-order valence-corrected chi connectivity index (χ0v) is 10.6. The average Bonchev–Trinajstić information content (AvgIpc) is 2.84. The Kier molecular flexibility index (Phi) is 2.37. The lowest BCUT2D eigenvalue weighted by Crippen LogP contribution is -2.22. The van der Waals surface area contributed by atoms with E-state index >= 15 is 0 Å². The summed E-state index contributed by atoms with van der Waals surface area (Å²) in [4.78, 5) is 4.12. The second-order valence-corrected chi connectivity index (χ2v) is 6.29. The summed E-state index contributed by atoms with van der Waals surface area (Å²) in [5.74, 6) is 0.825. The van der Waals surface area contributed by atoms with E-state index in [1.807, 2.05) is 19.1 Å². The summed E-state index contributed by atoms with van der Waals surface area (Å²) >= 11 is 0. The quantitative estimate of drug-likeness (QED) is 0.866. The molecule has 1 atom stereocenters. The molecule has 1 unspecified atom stereocenters. The van der Waals surface area contributed by atoms with Crippen LogP contribution in [-0.2, 0) is 9.84 Å². The zero-order chi connectivity index (χ0) is 12.8. The van der Waals surface area contributed by atoms with Gasteiger partial charge in [-0.05, 0) is 30.7 Å². The van der Waals surface area contributed by atoms with Crippen molar-refractivity contribution < 1.29 is 8.42 Å². The Bertz CT molecular complexity index is 733. The van der Waals surface area contributed by atoms with Gasteiger partial charge in [-0.25, -0.2) is 13.4 Å². The van der Waals surface area contributed by atoms with Crippen LogP contribution in [-0.4, -0.2) is 34.8 Å². The maximum absolute atomic E-state index is 11.4. The average molecular weight is 264 g/mol. The van der Waals surface area contributed by atoms with E-state index in [1.54, 1.807) is 10.6 Å². The molecule has 6 nitrogen and oxygen atoms in total. The Morgan fingerprint density at radius 1 is 1.44 bits per heavy atom. The molecule has 1 aliphatic heterocycles. The molecule has 0 saturated heterocycles. The predicted octanol–water partition coefficient (Wildman–Crippen LogP) is 0.760. The number of sulfone groups is 1. The Morgan fingerprint density at radius 2 is 2.28 bits per heavy atom. The fraction of sp³-hybridized carbons (Fsp3) is 0.273. The van der Waals surface area contributed by atoms with Gasteiger partial charge in [0, 0.05) is 5.41 Å². The first kappa shape index (κ1) is 11.2. The second kappa shape index (κ2) is 3.81. The largest absolute Gasteiger partial charge is 0.363 e. The van der Waals surface area contributed by atoms with E-state index in [-0.39, 0.29) is 11.8 Å². The Labute approximate surface area is 104 Å². The van der Waals surface area contributed by atoms with Crippen molar-refractivity contribution in [3.05, 3.63) is 35.5 Å².